The molecule has 0 aromatic carbocycles. The fraction of sp³-hybridized carbons (Fsp3) is 0. The predicted molar refractivity (Wildman–Crippen MR) is 62.0 cm³/mol. The average Bonchev–Trinajstić information content (AvgIpc) is 2.40. The molecule has 0 saturated carbocycles. The lowest BCUT2D eigenvalue weighted by Crippen LogP contribution is -2.15. The smallest absolute Gasteiger partial charge is 0.275 e. The van der Waals surface area contributed by atoms with Crippen molar-refractivity contribution in [3.05, 3.63) is 42.6 Å². The number of nitrogens with two attached hydrogens (primary N) is 1. The van der Waals surface area contributed by atoms with Gasteiger partial charge in [-0.2, -0.15) is 0 Å². The Morgan fingerprint density at radius 3 is 2.71 bits per heavy atom. The summed E-state index contributed by atoms with van der Waals surface area (Å²) in [5.41, 5.74) is 3.13. The number of hydrazine groups is 1. The zero-order valence-corrected chi connectivity index (χ0v) is 8.79. The van der Waals surface area contributed by atoms with E-state index in [1.165, 1.54) is 12.4 Å². The van der Waals surface area contributed by atoms with E-state index in [0.29, 0.717) is 11.5 Å². The van der Waals surface area contributed by atoms with Crippen LogP contribution in [-0.2, 0) is 0 Å². The van der Waals surface area contributed by atoms with Crippen molar-refractivity contribution < 1.29 is 4.79 Å². The normalized spacial score (nSPS) is 9.71. The Hall–Kier alpha value is -2.54. The van der Waals surface area contributed by atoms with Crippen LogP contribution in [0.5, 0.6) is 0 Å². The maximum Gasteiger partial charge on any atom is 0.275 e. The summed E-state index contributed by atoms with van der Waals surface area (Å²) in [6.07, 6.45) is 5.87. The molecule has 2 heterocycles. The summed E-state index contributed by atoms with van der Waals surface area (Å²) in [7, 11) is 0. The molecular weight excluding hydrogens is 220 g/mol. The third kappa shape index (κ3) is 2.73. The summed E-state index contributed by atoms with van der Waals surface area (Å²) in [5, 5.41) is 2.64. The summed E-state index contributed by atoms with van der Waals surface area (Å²) in [6.45, 7) is 0. The molecule has 2 aromatic heterocycles. The largest absolute Gasteiger partial charge is 0.319 e. The Balaban J connectivity index is 2.09. The van der Waals surface area contributed by atoms with Crippen molar-refractivity contribution in [2.24, 2.45) is 5.84 Å². The van der Waals surface area contributed by atoms with E-state index < -0.39 is 0 Å². The molecule has 1 amide bonds. The second kappa shape index (κ2) is 4.99. The quantitative estimate of drug-likeness (QED) is 0.521. The third-order valence-electron chi connectivity index (χ3n) is 1.95. The van der Waals surface area contributed by atoms with Gasteiger partial charge in [-0.25, -0.2) is 15.8 Å². The molecule has 0 saturated heterocycles. The van der Waals surface area contributed by atoms with Crippen LogP contribution in [-0.4, -0.2) is 20.9 Å². The van der Waals surface area contributed by atoms with E-state index in [1.54, 1.807) is 24.5 Å². The number of hydrogen-bond donors (Lipinski definition) is 3. The highest BCUT2D eigenvalue weighted by Gasteiger charge is 2.07. The van der Waals surface area contributed by atoms with Crippen molar-refractivity contribution in [2.45, 2.75) is 0 Å². The fourth-order valence-electron chi connectivity index (χ4n) is 1.15. The predicted octanol–water partition coefficient (Wildman–Crippen LogP) is 0.409. The van der Waals surface area contributed by atoms with Crippen LogP contribution in [0, 0.1) is 0 Å². The van der Waals surface area contributed by atoms with Gasteiger partial charge in [0.1, 0.15) is 5.69 Å². The van der Waals surface area contributed by atoms with E-state index in [9.17, 15) is 4.79 Å². The second-order valence-electron chi connectivity index (χ2n) is 3.13. The van der Waals surface area contributed by atoms with Gasteiger partial charge in [0.25, 0.3) is 5.91 Å². The van der Waals surface area contributed by atoms with Crippen molar-refractivity contribution in [1.82, 2.24) is 15.0 Å². The first-order valence-electron chi connectivity index (χ1n) is 4.79. The molecule has 0 bridgehead atoms. The molecule has 0 aliphatic carbocycles. The molecule has 17 heavy (non-hydrogen) atoms. The minimum atomic E-state index is -0.353. The standard InChI is InChI=1S/C10H10N6O/c11-16-9-6-13-8(5-14-9)10(17)15-7-2-1-3-12-4-7/h1-6H,11H2,(H,14,16)(H,15,17). The van der Waals surface area contributed by atoms with Gasteiger partial charge in [-0.05, 0) is 12.1 Å². The van der Waals surface area contributed by atoms with E-state index in [4.69, 9.17) is 5.84 Å². The number of pyridine rings is 1. The molecule has 86 valence electrons. The van der Waals surface area contributed by atoms with Crippen molar-refractivity contribution >= 4 is 17.4 Å². The van der Waals surface area contributed by atoms with E-state index in [0.717, 1.165) is 0 Å². The molecule has 0 atom stereocenters. The lowest BCUT2D eigenvalue weighted by atomic mass is 10.3. The van der Waals surface area contributed by atoms with Gasteiger partial charge in [0, 0.05) is 6.20 Å². The second-order valence-corrected chi connectivity index (χ2v) is 3.13. The van der Waals surface area contributed by atoms with Crippen LogP contribution in [0.1, 0.15) is 10.5 Å². The summed E-state index contributed by atoms with van der Waals surface area (Å²) in [5.74, 6) is 5.18. The van der Waals surface area contributed by atoms with Crippen LogP contribution in [0.3, 0.4) is 0 Å². The Morgan fingerprint density at radius 1 is 1.24 bits per heavy atom. The maximum atomic E-state index is 11.7. The molecule has 0 aliphatic rings. The van der Waals surface area contributed by atoms with Gasteiger partial charge in [0.2, 0.25) is 0 Å². The number of nitrogens with zero attached hydrogens (tertiary/aromatic N) is 3. The number of aromatic nitrogens is 3. The Morgan fingerprint density at radius 2 is 2.12 bits per heavy atom. The van der Waals surface area contributed by atoms with Crippen LogP contribution in [0.15, 0.2) is 36.9 Å². The van der Waals surface area contributed by atoms with Gasteiger partial charge >= 0.3 is 0 Å². The molecule has 2 aromatic rings. The minimum absolute atomic E-state index is 0.202. The van der Waals surface area contributed by atoms with E-state index >= 15 is 0 Å². The van der Waals surface area contributed by atoms with Gasteiger partial charge in [-0.15, -0.1) is 0 Å². The van der Waals surface area contributed by atoms with E-state index in [1.807, 2.05) is 0 Å². The average molecular weight is 230 g/mol. The van der Waals surface area contributed by atoms with Crippen molar-refractivity contribution in [3.63, 3.8) is 0 Å². The zero-order valence-electron chi connectivity index (χ0n) is 8.79. The van der Waals surface area contributed by atoms with E-state index in [2.05, 4.69) is 25.7 Å². The lowest BCUT2D eigenvalue weighted by molar-refractivity contribution is 0.102. The third-order valence-corrected chi connectivity index (χ3v) is 1.95. The molecule has 0 unspecified atom stereocenters. The highest BCUT2D eigenvalue weighted by Crippen LogP contribution is 2.06. The van der Waals surface area contributed by atoms with Gasteiger partial charge in [0.05, 0.1) is 24.3 Å². The number of carbonyl (C=O) groups excluding carboxylic acids is 1. The van der Waals surface area contributed by atoms with Gasteiger partial charge < -0.3 is 10.7 Å². The highest BCUT2D eigenvalue weighted by atomic mass is 16.1. The van der Waals surface area contributed by atoms with Crippen LogP contribution in [0.25, 0.3) is 0 Å². The van der Waals surface area contributed by atoms with Gasteiger partial charge in [-0.3, -0.25) is 9.78 Å². The Kier molecular flexibility index (Phi) is 3.22. The maximum absolute atomic E-state index is 11.7. The number of nitrogen functional groups attached to an aromatic ring is 1. The van der Waals surface area contributed by atoms with Gasteiger partial charge in [-0.1, -0.05) is 0 Å². The monoisotopic (exact) mass is 230 g/mol. The molecule has 4 N–H and O–H groups in total. The first kappa shape index (κ1) is 11.0. The fourth-order valence-corrected chi connectivity index (χ4v) is 1.15. The number of carbonyl (C=O) groups is 1. The van der Waals surface area contributed by atoms with E-state index in [-0.39, 0.29) is 11.6 Å². The highest BCUT2D eigenvalue weighted by molar-refractivity contribution is 6.02. The molecule has 0 spiro atoms. The lowest BCUT2D eigenvalue weighted by Gasteiger charge is -2.04. The van der Waals surface area contributed by atoms with Crippen molar-refractivity contribution in [3.8, 4) is 0 Å². The molecule has 2 rings (SSSR count). The van der Waals surface area contributed by atoms with Gasteiger partial charge in [0.15, 0.2) is 5.82 Å². The number of rotatable bonds is 3. The summed E-state index contributed by atoms with van der Waals surface area (Å²) >= 11 is 0. The topological polar surface area (TPSA) is 106 Å². The first-order valence-corrected chi connectivity index (χ1v) is 4.79. The zero-order chi connectivity index (χ0) is 12.1. The molecule has 0 fully saturated rings. The number of amides is 1. The molecule has 0 aliphatic heterocycles. The summed E-state index contributed by atoms with van der Waals surface area (Å²) in [6, 6.07) is 3.46. The van der Waals surface area contributed by atoms with Crippen molar-refractivity contribution in [1.29, 1.82) is 0 Å². The minimum Gasteiger partial charge on any atom is -0.319 e. The SMILES string of the molecule is NNc1cnc(C(=O)Nc2cccnc2)cn1. The van der Waals surface area contributed by atoms with Crippen LogP contribution in [0.2, 0.25) is 0 Å². The molecule has 7 heteroatoms. The van der Waals surface area contributed by atoms with Crippen molar-refractivity contribution in [2.75, 3.05) is 10.7 Å². The number of anilines is 2. The number of hydrogen-bond acceptors (Lipinski definition) is 6. The molecule has 7 nitrogen and oxygen atoms in total. The van der Waals surface area contributed by atoms with Crippen LogP contribution >= 0.6 is 0 Å². The Bertz CT molecular complexity index is 498. The molecule has 0 radical (unpaired) electrons. The first-order chi connectivity index (χ1) is 8.29. The van der Waals surface area contributed by atoms with Crippen LogP contribution < -0.4 is 16.6 Å². The summed E-state index contributed by atoms with van der Waals surface area (Å²) in [4.78, 5) is 23.4. The summed E-state index contributed by atoms with van der Waals surface area (Å²) < 4.78 is 0. The Labute approximate surface area is 97.1 Å². The molecular formula is C10H10N6O. The number of nitrogens with one attached hydrogen (secondary N) is 2. The van der Waals surface area contributed by atoms with Crippen LogP contribution in [0.4, 0.5) is 11.5 Å².